The van der Waals surface area contributed by atoms with E-state index in [1.54, 1.807) is 29.0 Å². The lowest BCUT2D eigenvalue weighted by Crippen LogP contribution is -2.48. The lowest BCUT2D eigenvalue weighted by molar-refractivity contribution is -0.133. The van der Waals surface area contributed by atoms with E-state index in [-0.39, 0.29) is 42.3 Å². The number of hydrogen-bond donors (Lipinski definition) is 1. The lowest BCUT2D eigenvalue weighted by atomic mass is 10.1. The Morgan fingerprint density at radius 3 is 2.20 bits per heavy atom. The number of hydrogen-bond acceptors (Lipinski definition) is 3. The van der Waals surface area contributed by atoms with Crippen LogP contribution in [0, 0.1) is 5.82 Å². The molecule has 1 aromatic rings. The van der Waals surface area contributed by atoms with Crippen molar-refractivity contribution in [2.24, 2.45) is 0 Å². The van der Waals surface area contributed by atoms with Crippen LogP contribution < -0.4 is 5.32 Å². The van der Waals surface area contributed by atoms with Crippen molar-refractivity contribution in [3.8, 4) is 0 Å². The highest BCUT2D eigenvalue weighted by Crippen LogP contribution is 2.19. The molecule has 140 valence electrons. The molecule has 1 N–H and O–H groups in total. The van der Waals surface area contributed by atoms with Gasteiger partial charge in [0.1, 0.15) is 5.82 Å². The van der Waals surface area contributed by atoms with Gasteiger partial charge in [0.15, 0.2) is 0 Å². The highest BCUT2D eigenvalue weighted by atomic mass is 19.1. The number of carbonyl (C=O) groups excluding carboxylic acids is 2. The van der Waals surface area contributed by atoms with Gasteiger partial charge in [-0.25, -0.2) is 4.39 Å². The third-order valence-electron chi connectivity index (χ3n) is 4.01. The largest absolute Gasteiger partial charge is 0.350 e. The summed E-state index contributed by atoms with van der Waals surface area (Å²) in [5, 5.41) is 2.90. The van der Waals surface area contributed by atoms with Crippen LogP contribution in [0.1, 0.15) is 46.2 Å². The van der Waals surface area contributed by atoms with Crippen LogP contribution in [-0.4, -0.2) is 53.8 Å². The van der Waals surface area contributed by atoms with Gasteiger partial charge in [-0.2, -0.15) is 0 Å². The van der Waals surface area contributed by atoms with Gasteiger partial charge in [-0.05, 0) is 51.9 Å². The summed E-state index contributed by atoms with van der Waals surface area (Å²) in [5.41, 5.74) is 0.569. The van der Waals surface area contributed by atoms with Gasteiger partial charge in [0, 0.05) is 12.6 Å². The maximum absolute atomic E-state index is 13.0. The standard InChI is InChI=1S/C19H30FN3O2/c1-7-23(12-17(24)21-19(3,4)5)13-18(25)22(6)14(2)15-8-10-16(20)11-9-15/h8-11,14H,7,12-13H2,1-6H3,(H,21,24). The Morgan fingerprint density at radius 1 is 1.16 bits per heavy atom. The van der Waals surface area contributed by atoms with E-state index in [2.05, 4.69) is 5.32 Å². The summed E-state index contributed by atoms with van der Waals surface area (Å²) in [7, 11) is 1.72. The quantitative estimate of drug-likeness (QED) is 0.821. The third kappa shape index (κ3) is 7.22. The zero-order valence-corrected chi connectivity index (χ0v) is 16.1. The van der Waals surface area contributed by atoms with Crippen LogP contribution in [0.3, 0.4) is 0 Å². The van der Waals surface area contributed by atoms with Crippen molar-refractivity contribution in [1.29, 1.82) is 0 Å². The molecule has 0 aliphatic carbocycles. The second kappa shape index (κ2) is 8.94. The number of likely N-dealkylation sites (N-methyl/N-ethyl adjacent to an activating group) is 2. The number of nitrogens with zero attached hydrogens (tertiary/aromatic N) is 2. The van der Waals surface area contributed by atoms with Crippen LogP contribution >= 0.6 is 0 Å². The fourth-order valence-corrected chi connectivity index (χ4v) is 2.42. The van der Waals surface area contributed by atoms with Crippen LogP contribution in [0.15, 0.2) is 24.3 Å². The molecule has 5 nitrogen and oxygen atoms in total. The number of carbonyl (C=O) groups is 2. The maximum Gasteiger partial charge on any atom is 0.237 e. The summed E-state index contributed by atoms with van der Waals surface area (Å²) < 4.78 is 13.0. The van der Waals surface area contributed by atoms with E-state index in [0.717, 1.165) is 5.56 Å². The normalized spacial score (nSPS) is 12.8. The molecule has 25 heavy (non-hydrogen) atoms. The predicted molar refractivity (Wildman–Crippen MR) is 97.6 cm³/mol. The molecule has 1 unspecified atom stereocenters. The first-order chi connectivity index (χ1) is 11.5. The first kappa shape index (κ1) is 21.1. The molecule has 0 aliphatic rings. The molecule has 6 heteroatoms. The first-order valence-corrected chi connectivity index (χ1v) is 8.58. The summed E-state index contributed by atoms with van der Waals surface area (Å²) in [5.74, 6) is -0.481. The lowest BCUT2D eigenvalue weighted by Gasteiger charge is -2.29. The van der Waals surface area contributed by atoms with Gasteiger partial charge in [-0.15, -0.1) is 0 Å². The van der Waals surface area contributed by atoms with E-state index in [0.29, 0.717) is 6.54 Å². The van der Waals surface area contributed by atoms with Gasteiger partial charge in [-0.3, -0.25) is 14.5 Å². The van der Waals surface area contributed by atoms with Crippen LogP contribution in [-0.2, 0) is 9.59 Å². The zero-order valence-electron chi connectivity index (χ0n) is 16.1. The number of benzene rings is 1. The third-order valence-corrected chi connectivity index (χ3v) is 4.01. The van der Waals surface area contributed by atoms with Crippen LogP contribution in [0.5, 0.6) is 0 Å². The summed E-state index contributed by atoms with van der Waals surface area (Å²) in [4.78, 5) is 28.0. The Bertz CT molecular complexity index is 581. The summed E-state index contributed by atoms with van der Waals surface area (Å²) in [6.45, 7) is 10.5. The van der Waals surface area contributed by atoms with Gasteiger partial charge < -0.3 is 10.2 Å². The molecule has 0 radical (unpaired) electrons. The number of rotatable bonds is 7. The minimum atomic E-state index is -0.299. The minimum absolute atomic E-state index is 0.0813. The monoisotopic (exact) mass is 351 g/mol. The first-order valence-electron chi connectivity index (χ1n) is 8.58. The molecule has 0 aromatic heterocycles. The molecule has 0 fully saturated rings. The van der Waals surface area contributed by atoms with Crippen LogP contribution in [0.25, 0.3) is 0 Å². The van der Waals surface area contributed by atoms with Gasteiger partial charge >= 0.3 is 0 Å². The highest BCUT2D eigenvalue weighted by molar-refractivity contribution is 5.81. The molecule has 0 bridgehead atoms. The second-order valence-electron chi connectivity index (χ2n) is 7.33. The average Bonchev–Trinajstić information content (AvgIpc) is 2.51. The van der Waals surface area contributed by atoms with Gasteiger partial charge in [0.25, 0.3) is 0 Å². The molecule has 1 rings (SSSR count). The van der Waals surface area contributed by atoms with Crippen molar-refractivity contribution in [3.05, 3.63) is 35.6 Å². The molecule has 1 atom stereocenters. The number of halogens is 1. The van der Waals surface area contributed by atoms with Crippen molar-refractivity contribution >= 4 is 11.8 Å². The number of amides is 2. The number of nitrogens with one attached hydrogen (secondary N) is 1. The molecule has 0 saturated carbocycles. The van der Waals surface area contributed by atoms with Crippen molar-refractivity contribution in [2.75, 3.05) is 26.7 Å². The molecule has 0 heterocycles. The Balaban J connectivity index is 2.64. The van der Waals surface area contributed by atoms with Gasteiger partial charge in [0.2, 0.25) is 11.8 Å². The zero-order chi connectivity index (χ0) is 19.2. The minimum Gasteiger partial charge on any atom is -0.350 e. The summed E-state index contributed by atoms with van der Waals surface area (Å²) >= 11 is 0. The topological polar surface area (TPSA) is 52.7 Å². The van der Waals surface area contributed by atoms with E-state index in [1.807, 2.05) is 34.6 Å². The average molecular weight is 351 g/mol. The molecule has 1 aromatic carbocycles. The van der Waals surface area contributed by atoms with Crippen LogP contribution in [0.2, 0.25) is 0 Å². The SMILES string of the molecule is CCN(CC(=O)NC(C)(C)C)CC(=O)N(C)C(C)c1ccc(F)cc1. The summed E-state index contributed by atoms with van der Waals surface area (Å²) in [6, 6.07) is 5.96. The molecular weight excluding hydrogens is 321 g/mol. The van der Waals surface area contributed by atoms with E-state index < -0.39 is 0 Å². The van der Waals surface area contributed by atoms with Crippen LogP contribution in [0.4, 0.5) is 4.39 Å². The van der Waals surface area contributed by atoms with E-state index in [1.165, 1.54) is 12.1 Å². The van der Waals surface area contributed by atoms with Gasteiger partial charge in [0.05, 0.1) is 19.1 Å². The van der Waals surface area contributed by atoms with Crippen molar-refractivity contribution in [1.82, 2.24) is 15.1 Å². The highest BCUT2D eigenvalue weighted by Gasteiger charge is 2.22. The molecule has 0 spiro atoms. The van der Waals surface area contributed by atoms with E-state index in [9.17, 15) is 14.0 Å². The molecule has 0 saturated heterocycles. The van der Waals surface area contributed by atoms with Crippen molar-refractivity contribution in [2.45, 2.75) is 46.2 Å². The molecule has 0 aliphatic heterocycles. The summed E-state index contributed by atoms with van der Waals surface area (Å²) in [6.07, 6.45) is 0. The Hall–Kier alpha value is -1.95. The second-order valence-corrected chi connectivity index (χ2v) is 7.33. The fraction of sp³-hybridized carbons (Fsp3) is 0.579. The Kier molecular flexibility index (Phi) is 7.55. The van der Waals surface area contributed by atoms with Crippen molar-refractivity contribution in [3.63, 3.8) is 0 Å². The van der Waals surface area contributed by atoms with E-state index in [4.69, 9.17) is 0 Å². The Labute approximate surface area is 150 Å². The molecule has 2 amide bonds. The van der Waals surface area contributed by atoms with Gasteiger partial charge in [-0.1, -0.05) is 19.1 Å². The van der Waals surface area contributed by atoms with E-state index >= 15 is 0 Å². The fourth-order valence-electron chi connectivity index (χ4n) is 2.42. The predicted octanol–water partition coefficient (Wildman–Crippen LogP) is 2.58. The van der Waals surface area contributed by atoms with Crippen molar-refractivity contribution < 1.29 is 14.0 Å². The molecular formula is C19H30FN3O2. The Morgan fingerprint density at radius 2 is 1.72 bits per heavy atom. The smallest absolute Gasteiger partial charge is 0.237 e. The maximum atomic E-state index is 13.0.